The molecule has 0 bridgehead atoms. The van der Waals surface area contributed by atoms with E-state index in [1.54, 1.807) is 12.1 Å². The van der Waals surface area contributed by atoms with E-state index in [0.717, 1.165) is 55.3 Å². The summed E-state index contributed by atoms with van der Waals surface area (Å²) in [7, 11) is 1.19. The summed E-state index contributed by atoms with van der Waals surface area (Å²) >= 11 is 2.18. The van der Waals surface area contributed by atoms with Crippen LogP contribution in [0.25, 0.3) is 0 Å². The summed E-state index contributed by atoms with van der Waals surface area (Å²) in [4.78, 5) is 76.6. The van der Waals surface area contributed by atoms with Gasteiger partial charge in [-0.25, -0.2) is 9.59 Å². The molecule has 5 rings (SSSR count). The summed E-state index contributed by atoms with van der Waals surface area (Å²) < 4.78 is 33.1. The molecule has 3 aliphatic carbocycles. The van der Waals surface area contributed by atoms with Crippen molar-refractivity contribution in [3.05, 3.63) is 34.6 Å². The Morgan fingerprint density at radius 2 is 1.18 bits per heavy atom. The number of carbonyl (C=O) groups excluding carboxylic acids is 6. The van der Waals surface area contributed by atoms with Crippen LogP contribution in [0.1, 0.15) is 96.8 Å². The van der Waals surface area contributed by atoms with Gasteiger partial charge in [0.2, 0.25) is 0 Å². The van der Waals surface area contributed by atoms with Crippen molar-refractivity contribution in [3.8, 4) is 17.6 Å². The number of benzene rings is 1. The van der Waals surface area contributed by atoms with Crippen molar-refractivity contribution >= 4 is 59.3 Å². The average Bonchev–Trinajstić information content (AvgIpc) is 3.66. The first kappa shape index (κ1) is 42.8. The molecule has 4 aliphatic rings. The van der Waals surface area contributed by atoms with Crippen LogP contribution in [0.5, 0.6) is 11.5 Å². The van der Waals surface area contributed by atoms with E-state index in [2.05, 4.69) is 13.5 Å². The first-order valence-corrected chi connectivity index (χ1v) is 21.0. The molecule has 1 aliphatic heterocycles. The van der Waals surface area contributed by atoms with Gasteiger partial charge in [-0.2, -0.15) is 5.26 Å². The Morgan fingerprint density at radius 1 is 0.714 bits per heavy atom. The number of nitrogens with zero attached hydrogens (tertiary/aromatic N) is 1. The Morgan fingerprint density at radius 3 is 1.68 bits per heavy atom. The zero-order valence-corrected chi connectivity index (χ0v) is 33.5. The maximum absolute atomic E-state index is 13.5. The topological polar surface area (TPSA) is 182 Å². The van der Waals surface area contributed by atoms with Crippen molar-refractivity contribution in [3.63, 3.8) is 0 Å². The van der Waals surface area contributed by atoms with Gasteiger partial charge in [-0.15, -0.1) is 0 Å². The van der Waals surface area contributed by atoms with Crippen molar-refractivity contribution in [2.75, 3.05) is 20.3 Å². The molecule has 0 N–H and O–H groups in total. The fourth-order valence-corrected chi connectivity index (χ4v) is 9.87. The van der Waals surface area contributed by atoms with Gasteiger partial charge in [0.1, 0.15) is 23.7 Å². The second-order valence-corrected chi connectivity index (χ2v) is 17.0. The Bertz CT molecular complexity index is 1730. The number of fused-ring (bicyclic) bond motifs is 1. The van der Waals surface area contributed by atoms with Crippen LogP contribution >= 0.6 is 23.5 Å². The molecule has 0 amide bonds. The summed E-state index contributed by atoms with van der Waals surface area (Å²) in [5.41, 5.74) is -0.202. The Kier molecular flexibility index (Phi) is 15.9. The number of rotatable bonds is 14. The van der Waals surface area contributed by atoms with E-state index >= 15 is 0 Å². The molecule has 13 nitrogen and oxygen atoms in total. The quantitative estimate of drug-likeness (QED) is 0.0453. The molecule has 0 saturated heterocycles. The monoisotopic (exact) mass is 811 g/mol. The van der Waals surface area contributed by atoms with E-state index in [9.17, 15) is 34.0 Å². The lowest BCUT2D eigenvalue weighted by molar-refractivity contribution is -0.160. The minimum Gasteiger partial charge on any atom is -0.465 e. The van der Waals surface area contributed by atoms with E-state index < -0.39 is 23.8 Å². The molecule has 1 aromatic carbocycles. The molecule has 0 spiro atoms. The number of hydrogen-bond acceptors (Lipinski definition) is 15. The molecule has 15 heteroatoms. The summed E-state index contributed by atoms with van der Waals surface area (Å²) in [5.74, 6) is -2.79. The van der Waals surface area contributed by atoms with Gasteiger partial charge in [0.05, 0.1) is 58.0 Å². The third-order valence-electron chi connectivity index (χ3n) is 10.8. The summed E-state index contributed by atoms with van der Waals surface area (Å²) in [5, 5.41) is 9.74. The lowest BCUT2D eigenvalue weighted by atomic mass is 9.82. The Labute approximate surface area is 335 Å². The van der Waals surface area contributed by atoms with Gasteiger partial charge in [0.25, 0.3) is 0 Å². The van der Waals surface area contributed by atoms with E-state index in [1.807, 2.05) is 6.07 Å². The maximum atomic E-state index is 13.5. The molecular formula is C41H49NO12S2. The summed E-state index contributed by atoms with van der Waals surface area (Å²) in [6, 6.07) is 5.04. The third-order valence-corrected chi connectivity index (χ3v) is 13.4. The van der Waals surface area contributed by atoms with Crippen LogP contribution in [-0.4, -0.2) is 62.2 Å². The lowest BCUT2D eigenvalue weighted by Crippen LogP contribution is -2.33. The van der Waals surface area contributed by atoms with Gasteiger partial charge in [-0.1, -0.05) is 37.0 Å². The van der Waals surface area contributed by atoms with Crippen LogP contribution in [0.3, 0.4) is 0 Å². The molecule has 0 unspecified atom stereocenters. The molecule has 302 valence electrons. The van der Waals surface area contributed by atoms with Crippen LogP contribution in [0.4, 0.5) is 0 Å². The standard InChI is InChI=1S/C41H49NO12S2/c1-4-33(43)50-21-5-6-22-51-36(44)25-11-13-27(14-12-25)37(45)52-29-17-15-28(16-18-29)39(47)54-32-20-19-31(53-38(46)26-9-7-24(2)8-10-26)34-35(32)56-41(55-34)30(23-42)40(48)49-3/h4,19-20,24-29H,1,5-18,21-22H2,2-3H3/b41-30+. The summed E-state index contributed by atoms with van der Waals surface area (Å²) in [6.45, 7) is 5.99. The molecular weight excluding hydrogens is 763 g/mol. The normalized spacial score (nSPS) is 25.3. The lowest BCUT2D eigenvalue weighted by Gasteiger charge is -2.30. The maximum Gasteiger partial charge on any atom is 0.350 e. The minimum atomic E-state index is -0.802. The number of carbonyl (C=O) groups is 6. The highest BCUT2D eigenvalue weighted by molar-refractivity contribution is 8.24. The number of ether oxygens (including phenoxy) is 6. The van der Waals surface area contributed by atoms with Crippen molar-refractivity contribution < 1.29 is 57.2 Å². The van der Waals surface area contributed by atoms with Gasteiger partial charge < -0.3 is 28.4 Å². The largest absolute Gasteiger partial charge is 0.465 e. The number of nitriles is 1. The highest BCUT2D eigenvalue weighted by atomic mass is 32.2. The van der Waals surface area contributed by atoms with E-state index in [4.69, 9.17) is 28.4 Å². The first-order valence-electron chi connectivity index (χ1n) is 19.4. The number of thioether (sulfide) groups is 2. The number of unbranched alkanes of at least 4 members (excludes halogenated alkanes) is 1. The molecule has 56 heavy (non-hydrogen) atoms. The molecule has 0 aromatic heterocycles. The third kappa shape index (κ3) is 11.4. The van der Waals surface area contributed by atoms with Crippen LogP contribution in [0, 0.1) is 40.9 Å². The molecule has 0 radical (unpaired) electrons. The fourth-order valence-electron chi connectivity index (χ4n) is 7.31. The SMILES string of the molecule is C=CC(=O)OCCCCOC(=O)C1CCC(C(=O)OC2CCC(C(=O)Oc3ccc(OC(=O)C4CCC(C)CC4)c4c3S/C(=C(\C#N)C(=O)OC)S4)CC2)CC1. The first-order chi connectivity index (χ1) is 27.0. The predicted octanol–water partition coefficient (Wildman–Crippen LogP) is 7.39. The second kappa shape index (κ2) is 20.8. The van der Waals surface area contributed by atoms with Gasteiger partial charge in [-0.3, -0.25) is 19.2 Å². The average molecular weight is 812 g/mol. The molecule has 0 atom stereocenters. The highest BCUT2D eigenvalue weighted by Crippen LogP contribution is 2.59. The molecule has 3 saturated carbocycles. The zero-order chi connectivity index (χ0) is 40.2. The van der Waals surface area contributed by atoms with Crippen LogP contribution in [0.2, 0.25) is 0 Å². The minimum absolute atomic E-state index is 0.202. The van der Waals surface area contributed by atoms with E-state index in [-0.39, 0.29) is 72.1 Å². The molecule has 1 heterocycles. The van der Waals surface area contributed by atoms with Crippen LogP contribution < -0.4 is 9.47 Å². The summed E-state index contributed by atoms with van der Waals surface area (Å²) in [6.07, 6.45) is 9.34. The smallest absolute Gasteiger partial charge is 0.350 e. The van der Waals surface area contributed by atoms with Crippen molar-refractivity contribution in [1.82, 2.24) is 0 Å². The number of methoxy groups -OCH3 is 1. The van der Waals surface area contributed by atoms with Gasteiger partial charge in [-0.05, 0) is 108 Å². The zero-order valence-electron chi connectivity index (χ0n) is 31.9. The van der Waals surface area contributed by atoms with Gasteiger partial charge in [0.15, 0.2) is 5.57 Å². The predicted molar refractivity (Wildman–Crippen MR) is 204 cm³/mol. The highest BCUT2D eigenvalue weighted by Gasteiger charge is 2.37. The number of hydrogen-bond donors (Lipinski definition) is 0. The Balaban J connectivity index is 1.10. The fraction of sp³-hybridized carbons (Fsp3) is 0.585. The second-order valence-electron chi connectivity index (χ2n) is 14.7. The number of esters is 6. The van der Waals surface area contributed by atoms with E-state index in [0.29, 0.717) is 84.2 Å². The van der Waals surface area contributed by atoms with Crippen molar-refractivity contribution in [1.29, 1.82) is 5.26 Å². The van der Waals surface area contributed by atoms with Crippen LogP contribution in [-0.2, 0) is 47.7 Å². The molecule has 1 aromatic rings. The Hall–Kier alpha value is -4.29. The van der Waals surface area contributed by atoms with Gasteiger partial charge in [0, 0.05) is 6.08 Å². The molecule has 3 fully saturated rings. The van der Waals surface area contributed by atoms with Crippen LogP contribution in [0.15, 0.2) is 44.4 Å². The van der Waals surface area contributed by atoms with Crippen molar-refractivity contribution in [2.45, 2.75) is 113 Å². The van der Waals surface area contributed by atoms with E-state index in [1.165, 1.54) is 7.11 Å². The van der Waals surface area contributed by atoms with Gasteiger partial charge >= 0.3 is 35.8 Å². The van der Waals surface area contributed by atoms with Crippen molar-refractivity contribution in [2.24, 2.45) is 29.6 Å².